The SMILES string of the molecule is O=C(O)CC(c1ccccc1)P(=O)(c1ccccc1)c1ccccc1. The van der Waals surface area contributed by atoms with Gasteiger partial charge in [0.1, 0.15) is 0 Å². The molecule has 1 N–H and O–H groups in total. The minimum atomic E-state index is -3.19. The lowest BCUT2D eigenvalue weighted by Gasteiger charge is -2.28. The van der Waals surface area contributed by atoms with Crippen molar-refractivity contribution in [2.24, 2.45) is 0 Å². The second-order valence-electron chi connectivity index (χ2n) is 5.85. The second-order valence-corrected chi connectivity index (χ2v) is 8.83. The fourth-order valence-electron chi connectivity index (χ4n) is 3.10. The third-order valence-corrected chi connectivity index (χ3v) is 7.76. The van der Waals surface area contributed by atoms with Gasteiger partial charge in [-0.1, -0.05) is 91.0 Å². The van der Waals surface area contributed by atoms with Crippen LogP contribution in [0.5, 0.6) is 0 Å². The van der Waals surface area contributed by atoms with Gasteiger partial charge in [-0.15, -0.1) is 0 Å². The molecule has 3 rings (SSSR count). The van der Waals surface area contributed by atoms with E-state index in [2.05, 4.69) is 0 Å². The summed E-state index contributed by atoms with van der Waals surface area (Å²) in [5.74, 6) is -0.957. The third-order valence-electron chi connectivity index (χ3n) is 4.27. The molecule has 0 aromatic heterocycles. The molecule has 0 radical (unpaired) electrons. The van der Waals surface area contributed by atoms with Crippen molar-refractivity contribution in [3.05, 3.63) is 96.6 Å². The molecule has 0 saturated heterocycles. The topological polar surface area (TPSA) is 54.4 Å². The van der Waals surface area contributed by atoms with Gasteiger partial charge in [0, 0.05) is 10.6 Å². The van der Waals surface area contributed by atoms with Crippen molar-refractivity contribution in [1.29, 1.82) is 0 Å². The summed E-state index contributed by atoms with van der Waals surface area (Å²) in [6, 6.07) is 27.7. The maximum absolute atomic E-state index is 14.4. The van der Waals surface area contributed by atoms with Crippen LogP contribution in [-0.2, 0) is 9.36 Å². The van der Waals surface area contributed by atoms with Crippen LogP contribution in [0.4, 0.5) is 0 Å². The Kier molecular flexibility index (Phi) is 5.16. The Bertz CT molecular complexity index is 833. The van der Waals surface area contributed by atoms with Crippen molar-refractivity contribution in [2.75, 3.05) is 0 Å². The highest BCUT2D eigenvalue weighted by molar-refractivity contribution is 7.79. The maximum Gasteiger partial charge on any atom is 0.304 e. The van der Waals surface area contributed by atoms with Crippen LogP contribution in [0.1, 0.15) is 17.6 Å². The number of carbonyl (C=O) groups is 1. The molecule has 0 fully saturated rings. The van der Waals surface area contributed by atoms with E-state index in [1.807, 2.05) is 91.0 Å². The summed E-state index contributed by atoms with van der Waals surface area (Å²) in [6.45, 7) is 0. The van der Waals surface area contributed by atoms with Crippen LogP contribution in [0.15, 0.2) is 91.0 Å². The normalized spacial score (nSPS) is 12.5. The summed E-state index contributed by atoms with van der Waals surface area (Å²) in [5.41, 5.74) is 0.164. The van der Waals surface area contributed by atoms with Crippen LogP contribution in [0.3, 0.4) is 0 Å². The molecular formula is C21H19O3P. The molecular weight excluding hydrogens is 331 g/mol. The Morgan fingerprint density at radius 3 is 1.56 bits per heavy atom. The predicted octanol–water partition coefficient (Wildman–Crippen LogP) is 4.22. The molecule has 3 aromatic rings. The van der Waals surface area contributed by atoms with Crippen molar-refractivity contribution in [1.82, 2.24) is 0 Å². The van der Waals surface area contributed by atoms with Crippen molar-refractivity contribution < 1.29 is 14.5 Å². The second kappa shape index (κ2) is 7.50. The van der Waals surface area contributed by atoms with E-state index in [4.69, 9.17) is 0 Å². The Hall–Kier alpha value is -2.64. The number of hydrogen-bond acceptors (Lipinski definition) is 2. The van der Waals surface area contributed by atoms with E-state index in [0.717, 1.165) is 5.56 Å². The summed E-state index contributed by atoms with van der Waals surface area (Å²) >= 11 is 0. The number of hydrogen-bond donors (Lipinski definition) is 1. The molecule has 126 valence electrons. The molecule has 0 spiro atoms. The zero-order valence-corrected chi connectivity index (χ0v) is 14.6. The van der Waals surface area contributed by atoms with Gasteiger partial charge in [-0.3, -0.25) is 4.79 Å². The van der Waals surface area contributed by atoms with E-state index in [1.54, 1.807) is 0 Å². The van der Waals surface area contributed by atoms with Crippen molar-refractivity contribution in [3.63, 3.8) is 0 Å². The van der Waals surface area contributed by atoms with Crippen LogP contribution in [-0.4, -0.2) is 11.1 Å². The van der Waals surface area contributed by atoms with Crippen molar-refractivity contribution in [3.8, 4) is 0 Å². The standard InChI is InChI=1S/C21H19O3P/c22-21(23)16-20(17-10-4-1-5-11-17)25(24,18-12-6-2-7-13-18)19-14-8-3-9-15-19/h1-15,20H,16H2,(H,22,23). The van der Waals surface area contributed by atoms with Gasteiger partial charge in [0.25, 0.3) is 0 Å². The molecule has 1 unspecified atom stereocenters. The first-order valence-corrected chi connectivity index (χ1v) is 9.87. The molecule has 4 heteroatoms. The first-order valence-electron chi connectivity index (χ1n) is 8.10. The quantitative estimate of drug-likeness (QED) is 0.678. The fraction of sp³-hybridized carbons (Fsp3) is 0.0952. The summed E-state index contributed by atoms with van der Waals surface area (Å²) in [5, 5.41) is 10.8. The Balaban J connectivity index is 2.25. The summed E-state index contributed by atoms with van der Waals surface area (Å²) in [4.78, 5) is 11.6. The van der Waals surface area contributed by atoms with Crippen LogP contribution >= 0.6 is 7.14 Å². The van der Waals surface area contributed by atoms with Gasteiger partial charge in [0.15, 0.2) is 7.14 Å². The van der Waals surface area contributed by atoms with Crippen molar-refractivity contribution in [2.45, 2.75) is 12.1 Å². The molecule has 3 aromatic carbocycles. The minimum Gasteiger partial charge on any atom is -0.481 e. The lowest BCUT2D eigenvalue weighted by Crippen LogP contribution is -2.23. The third kappa shape index (κ3) is 3.57. The number of aliphatic carboxylic acids is 1. The molecule has 0 aliphatic rings. The Labute approximate surface area is 147 Å². The molecule has 1 atom stereocenters. The molecule has 0 aliphatic heterocycles. The first-order chi connectivity index (χ1) is 12.1. The Morgan fingerprint density at radius 2 is 1.16 bits per heavy atom. The highest BCUT2D eigenvalue weighted by atomic mass is 31.2. The molecule has 25 heavy (non-hydrogen) atoms. The Morgan fingerprint density at radius 1 is 0.760 bits per heavy atom. The first kappa shape index (κ1) is 17.2. The van der Waals surface area contributed by atoms with Gasteiger partial charge in [0.05, 0.1) is 12.1 Å². The number of benzene rings is 3. The van der Waals surface area contributed by atoms with Gasteiger partial charge in [-0.05, 0) is 5.56 Å². The monoisotopic (exact) mass is 350 g/mol. The fourth-order valence-corrected chi connectivity index (χ4v) is 6.36. The van der Waals surface area contributed by atoms with Gasteiger partial charge in [-0.2, -0.15) is 0 Å². The zero-order valence-electron chi connectivity index (χ0n) is 13.7. The van der Waals surface area contributed by atoms with E-state index in [1.165, 1.54) is 0 Å². The molecule has 0 aliphatic carbocycles. The molecule has 0 saturated carbocycles. The van der Waals surface area contributed by atoms with Crippen molar-refractivity contribution >= 4 is 23.7 Å². The van der Waals surface area contributed by atoms with Gasteiger partial charge in [-0.25, -0.2) is 0 Å². The average molecular weight is 350 g/mol. The average Bonchev–Trinajstić information content (AvgIpc) is 2.67. The lowest BCUT2D eigenvalue weighted by molar-refractivity contribution is -0.137. The summed E-state index contributed by atoms with van der Waals surface area (Å²) < 4.78 is 14.4. The van der Waals surface area contributed by atoms with Crippen LogP contribution < -0.4 is 10.6 Å². The summed E-state index contributed by atoms with van der Waals surface area (Å²) in [7, 11) is -3.19. The van der Waals surface area contributed by atoms with E-state index >= 15 is 0 Å². The molecule has 0 bridgehead atoms. The van der Waals surface area contributed by atoms with Crippen LogP contribution in [0.25, 0.3) is 0 Å². The van der Waals surface area contributed by atoms with Gasteiger partial charge < -0.3 is 9.67 Å². The molecule has 3 nitrogen and oxygen atoms in total. The highest BCUT2D eigenvalue weighted by Gasteiger charge is 2.38. The number of carboxylic acid groups (broad SMARTS) is 1. The molecule has 0 heterocycles. The van der Waals surface area contributed by atoms with Gasteiger partial charge in [0.2, 0.25) is 0 Å². The van der Waals surface area contributed by atoms with Crippen LogP contribution in [0.2, 0.25) is 0 Å². The minimum absolute atomic E-state index is 0.189. The maximum atomic E-state index is 14.4. The van der Waals surface area contributed by atoms with E-state index in [9.17, 15) is 14.5 Å². The highest BCUT2D eigenvalue weighted by Crippen LogP contribution is 2.58. The van der Waals surface area contributed by atoms with E-state index < -0.39 is 18.8 Å². The van der Waals surface area contributed by atoms with Gasteiger partial charge >= 0.3 is 5.97 Å². The van der Waals surface area contributed by atoms with E-state index in [-0.39, 0.29) is 6.42 Å². The predicted molar refractivity (Wildman–Crippen MR) is 101 cm³/mol. The van der Waals surface area contributed by atoms with Crippen LogP contribution in [0, 0.1) is 0 Å². The largest absolute Gasteiger partial charge is 0.481 e. The smallest absolute Gasteiger partial charge is 0.304 e. The number of carboxylic acids is 1. The van der Waals surface area contributed by atoms with E-state index in [0.29, 0.717) is 10.6 Å². The molecule has 0 amide bonds. The number of rotatable bonds is 6. The summed E-state index contributed by atoms with van der Waals surface area (Å²) in [6.07, 6.45) is -0.189. The lowest BCUT2D eigenvalue weighted by atomic mass is 10.1. The zero-order chi connectivity index (χ0) is 17.7.